The van der Waals surface area contributed by atoms with E-state index in [2.05, 4.69) is 30.4 Å². The molecule has 84 valence electrons. The third kappa shape index (κ3) is 3.44. The Morgan fingerprint density at radius 3 is 2.86 bits per heavy atom. The maximum absolute atomic E-state index is 3.49. The zero-order valence-electron chi connectivity index (χ0n) is 9.75. The minimum Gasteiger partial charge on any atom is -0.315 e. The fourth-order valence-corrected chi connectivity index (χ4v) is 3.05. The molecule has 1 N–H and O–H groups in total. The van der Waals surface area contributed by atoms with Crippen molar-refractivity contribution < 1.29 is 0 Å². The van der Waals surface area contributed by atoms with Gasteiger partial charge in [0.2, 0.25) is 0 Å². The molecular weight excluding hydrogens is 192 g/mol. The summed E-state index contributed by atoms with van der Waals surface area (Å²) in [6.45, 7) is 4.69. The molecule has 1 heterocycles. The summed E-state index contributed by atoms with van der Waals surface area (Å²) in [5.74, 6) is 1.27. The highest BCUT2D eigenvalue weighted by molar-refractivity contribution is 7.98. The van der Waals surface area contributed by atoms with Crippen molar-refractivity contribution in [1.29, 1.82) is 0 Å². The average Bonchev–Trinajstić information content (AvgIpc) is 2.26. The van der Waals surface area contributed by atoms with Crippen LogP contribution < -0.4 is 5.32 Å². The standard InChI is InChI=1S/C11H24N2S/c1-4-10(9-14-3)13(2)11-6-5-7-12-8-11/h10-12H,4-9H2,1-3H3. The van der Waals surface area contributed by atoms with Gasteiger partial charge in [0, 0.05) is 24.4 Å². The molecule has 1 rings (SSSR count). The maximum atomic E-state index is 3.49. The lowest BCUT2D eigenvalue weighted by atomic mass is 10.0. The topological polar surface area (TPSA) is 15.3 Å². The molecule has 14 heavy (non-hydrogen) atoms. The van der Waals surface area contributed by atoms with Crippen LogP contribution in [0.4, 0.5) is 0 Å². The van der Waals surface area contributed by atoms with Crippen molar-refractivity contribution in [2.24, 2.45) is 0 Å². The van der Waals surface area contributed by atoms with Crippen molar-refractivity contribution in [2.75, 3.05) is 32.1 Å². The molecule has 0 spiro atoms. The van der Waals surface area contributed by atoms with E-state index in [1.807, 2.05) is 11.8 Å². The molecule has 0 bridgehead atoms. The molecule has 1 saturated heterocycles. The van der Waals surface area contributed by atoms with Crippen LogP contribution in [0.1, 0.15) is 26.2 Å². The second-order valence-electron chi connectivity index (χ2n) is 4.18. The predicted octanol–water partition coefficient (Wildman–Crippen LogP) is 1.81. The normalized spacial score (nSPS) is 25.3. The molecule has 0 aromatic carbocycles. The Morgan fingerprint density at radius 2 is 2.36 bits per heavy atom. The lowest BCUT2D eigenvalue weighted by molar-refractivity contribution is 0.155. The van der Waals surface area contributed by atoms with Gasteiger partial charge in [0.1, 0.15) is 0 Å². The second kappa shape index (κ2) is 6.70. The number of rotatable bonds is 5. The highest BCUT2D eigenvalue weighted by Gasteiger charge is 2.22. The van der Waals surface area contributed by atoms with E-state index in [-0.39, 0.29) is 0 Å². The summed E-state index contributed by atoms with van der Waals surface area (Å²) in [6.07, 6.45) is 6.18. The van der Waals surface area contributed by atoms with Crippen LogP contribution in [0.15, 0.2) is 0 Å². The zero-order valence-corrected chi connectivity index (χ0v) is 10.6. The predicted molar refractivity (Wildman–Crippen MR) is 66.1 cm³/mol. The van der Waals surface area contributed by atoms with Gasteiger partial charge in [0.25, 0.3) is 0 Å². The Bertz CT molecular complexity index is 141. The number of likely N-dealkylation sites (N-methyl/N-ethyl adjacent to an activating group) is 1. The van der Waals surface area contributed by atoms with Gasteiger partial charge < -0.3 is 5.32 Å². The fourth-order valence-electron chi connectivity index (χ4n) is 2.19. The van der Waals surface area contributed by atoms with E-state index in [9.17, 15) is 0 Å². The first-order valence-corrected chi connectivity index (χ1v) is 7.10. The molecule has 2 unspecified atom stereocenters. The van der Waals surface area contributed by atoms with Gasteiger partial charge in [-0.3, -0.25) is 4.90 Å². The summed E-state index contributed by atoms with van der Waals surface area (Å²) in [6, 6.07) is 1.52. The van der Waals surface area contributed by atoms with Crippen molar-refractivity contribution in [3.8, 4) is 0 Å². The Kier molecular flexibility index (Phi) is 5.90. The number of thioether (sulfide) groups is 1. The van der Waals surface area contributed by atoms with Crippen LogP contribution in [-0.4, -0.2) is 49.1 Å². The molecule has 2 nitrogen and oxygen atoms in total. The minimum atomic E-state index is 0.759. The molecule has 1 aliphatic heterocycles. The minimum absolute atomic E-state index is 0.759. The van der Waals surface area contributed by atoms with Crippen LogP contribution in [0, 0.1) is 0 Å². The SMILES string of the molecule is CCC(CSC)N(C)C1CCCNC1. The van der Waals surface area contributed by atoms with E-state index in [1.54, 1.807) is 0 Å². The molecule has 0 saturated carbocycles. The molecule has 0 aromatic heterocycles. The lowest BCUT2D eigenvalue weighted by Crippen LogP contribution is -2.49. The van der Waals surface area contributed by atoms with Gasteiger partial charge in [-0.2, -0.15) is 11.8 Å². The Hall–Kier alpha value is 0.270. The fraction of sp³-hybridized carbons (Fsp3) is 1.00. The Morgan fingerprint density at radius 1 is 1.57 bits per heavy atom. The summed E-state index contributed by atoms with van der Waals surface area (Å²) in [5, 5.41) is 3.49. The van der Waals surface area contributed by atoms with Gasteiger partial charge in [-0.15, -0.1) is 0 Å². The number of piperidine rings is 1. The molecule has 1 fully saturated rings. The van der Waals surface area contributed by atoms with Crippen molar-refractivity contribution in [1.82, 2.24) is 10.2 Å². The van der Waals surface area contributed by atoms with Gasteiger partial charge in [0.15, 0.2) is 0 Å². The molecule has 1 aliphatic rings. The van der Waals surface area contributed by atoms with Gasteiger partial charge in [-0.25, -0.2) is 0 Å². The van der Waals surface area contributed by atoms with Crippen LogP contribution >= 0.6 is 11.8 Å². The first-order chi connectivity index (χ1) is 6.79. The maximum Gasteiger partial charge on any atom is 0.0221 e. The Balaban J connectivity index is 2.38. The number of nitrogens with one attached hydrogen (secondary N) is 1. The van der Waals surface area contributed by atoms with Crippen LogP contribution in [0.2, 0.25) is 0 Å². The average molecular weight is 216 g/mol. The third-order valence-corrected chi connectivity index (χ3v) is 3.97. The van der Waals surface area contributed by atoms with Gasteiger partial charge in [-0.05, 0) is 39.1 Å². The van der Waals surface area contributed by atoms with E-state index >= 15 is 0 Å². The van der Waals surface area contributed by atoms with Gasteiger partial charge in [0.05, 0.1) is 0 Å². The number of hydrogen-bond acceptors (Lipinski definition) is 3. The first-order valence-electron chi connectivity index (χ1n) is 5.71. The number of nitrogens with zero attached hydrogens (tertiary/aromatic N) is 1. The van der Waals surface area contributed by atoms with Crippen LogP contribution in [0.25, 0.3) is 0 Å². The van der Waals surface area contributed by atoms with Crippen molar-refractivity contribution >= 4 is 11.8 Å². The van der Waals surface area contributed by atoms with E-state index < -0.39 is 0 Å². The lowest BCUT2D eigenvalue weighted by Gasteiger charge is -2.36. The molecule has 3 heteroatoms. The quantitative estimate of drug-likeness (QED) is 0.754. The molecule has 2 atom stereocenters. The van der Waals surface area contributed by atoms with E-state index in [4.69, 9.17) is 0 Å². The summed E-state index contributed by atoms with van der Waals surface area (Å²) < 4.78 is 0. The molecule has 0 aromatic rings. The van der Waals surface area contributed by atoms with Crippen LogP contribution in [0.5, 0.6) is 0 Å². The van der Waals surface area contributed by atoms with Crippen molar-refractivity contribution in [3.63, 3.8) is 0 Å². The largest absolute Gasteiger partial charge is 0.315 e. The van der Waals surface area contributed by atoms with Crippen molar-refractivity contribution in [3.05, 3.63) is 0 Å². The van der Waals surface area contributed by atoms with Gasteiger partial charge in [-0.1, -0.05) is 6.92 Å². The van der Waals surface area contributed by atoms with Crippen LogP contribution in [0.3, 0.4) is 0 Å². The number of hydrogen-bond donors (Lipinski definition) is 1. The van der Waals surface area contributed by atoms with Gasteiger partial charge >= 0.3 is 0 Å². The van der Waals surface area contributed by atoms with E-state index in [0.29, 0.717) is 0 Å². The molecule has 0 amide bonds. The molecular formula is C11H24N2S. The van der Waals surface area contributed by atoms with E-state index in [1.165, 1.54) is 38.1 Å². The Labute approximate surface area is 92.8 Å². The smallest absolute Gasteiger partial charge is 0.0221 e. The summed E-state index contributed by atoms with van der Waals surface area (Å²) in [4.78, 5) is 2.59. The highest BCUT2D eigenvalue weighted by atomic mass is 32.2. The molecule has 0 radical (unpaired) electrons. The third-order valence-electron chi connectivity index (χ3n) is 3.25. The van der Waals surface area contributed by atoms with Crippen LogP contribution in [-0.2, 0) is 0 Å². The van der Waals surface area contributed by atoms with E-state index in [0.717, 1.165) is 12.1 Å². The highest BCUT2D eigenvalue weighted by Crippen LogP contribution is 2.15. The monoisotopic (exact) mass is 216 g/mol. The summed E-state index contributed by atoms with van der Waals surface area (Å²) in [5.41, 5.74) is 0. The first kappa shape index (κ1) is 12.3. The molecule has 0 aliphatic carbocycles. The zero-order chi connectivity index (χ0) is 10.4. The summed E-state index contributed by atoms with van der Waals surface area (Å²) in [7, 11) is 2.29. The summed E-state index contributed by atoms with van der Waals surface area (Å²) >= 11 is 1.96. The second-order valence-corrected chi connectivity index (χ2v) is 5.09. The van der Waals surface area contributed by atoms with Crippen molar-refractivity contribution in [2.45, 2.75) is 38.3 Å².